The van der Waals surface area contributed by atoms with Crippen LogP contribution in [0.1, 0.15) is 42.2 Å². The molecule has 0 amide bonds. The van der Waals surface area contributed by atoms with Crippen LogP contribution in [0.25, 0.3) is 0 Å². The summed E-state index contributed by atoms with van der Waals surface area (Å²) in [6.07, 6.45) is 0.199. The molecule has 0 radical (unpaired) electrons. The van der Waals surface area contributed by atoms with Gasteiger partial charge in [0.2, 0.25) is 0 Å². The number of halogens is 1. The van der Waals surface area contributed by atoms with Gasteiger partial charge in [-0.15, -0.1) is 0 Å². The van der Waals surface area contributed by atoms with Crippen molar-refractivity contribution in [3.8, 4) is 5.75 Å². The Morgan fingerprint density at radius 2 is 1.50 bits per heavy atom. The second kappa shape index (κ2) is 12.0. The molecule has 0 aromatic heterocycles. The van der Waals surface area contributed by atoms with Gasteiger partial charge < -0.3 is 19.5 Å². The fourth-order valence-corrected chi connectivity index (χ4v) is 5.08. The van der Waals surface area contributed by atoms with Gasteiger partial charge in [-0.2, -0.15) is 0 Å². The second-order valence-electron chi connectivity index (χ2n) is 10.2. The summed E-state index contributed by atoms with van der Waals surface area (Å²) < 4.78 is 19.7. The monoisotopic (exact) mass is 527 g/mol. The zero-order valence-corrected chi connectivity index (χ0v) is 22.7. The maximum Gasteiger partial charge on any atom is 0.132 e. The third kappa shape index (κ3) is 6.57. The molecule has 196 valence electrons. The standard InChI is InChI=1S/C33H34ClNO3/c1-33(2)32(37-23-26-14-9-15-27(34)20-26)31(36-19-18-24-10-5-3-6-11-24)29-21-28(16-17-30(29)38-33)35-22-25-12-7-4-8-13-25/h3-17,20-21,31-32,35H,18-19,22-23H2,1-2H3. The van der Waals surface area contributed by atoms with Gasteiger partial charge in [-0.25, -0.2) is 0 Å². The van der Waals surface area contributed by atoms with E-state index in [9.17, 15) is 0 Å². The van der Waals surface area contributed by atoms with Crippen molar-refractivity contribution in [1.82, 2.24) is 0 Å². The second-order valence-corrected chi connectivity index (χ2v) is 10.6. The highest BCUT2D eigenvalue weighted by Gasteiger charge is 2.45. The molecular formula is C33H34ClNO3. The Balaban J connectivity index is 1.39. The fourth-order valence-electron chi connectivity index (χ4n) is 4.87. The van der Waals surface area contributed by atoms with E-state index in [0.29, 0.717) is 18.2 Å². The molecule has 0 aliphatic carbocycles. The average Bonchev–Trinajstić information content (AvgIpc) is 2.92. The topological polar surface area (TPSA) is 39.7 Å². The first-order valence-corrected chi connectivity index (χ1v) is 13.5. The summed E-state index contributed by atoms with van der Waals surface area (Å²) in [6, 6.07) is 34.8. The van der Waals surface area contributed by atoms with Gasteiger partial charge in [-0.05, 0) is 67.3 Å². The van der Waals surface area contributed by atoms with E-state index in [2.05, 4.69) is 79.8 Å². The minimum Gasteiger partial charge on any atom is -0.485 e. The summed E-state index contributed by atoms with van der Waals surface area (Å²) >= 11 is 6.22. The molecule has 4 aromatic carbocycles. The van der Waals surface area contributed by atoms with Crippen molar-refractivity contribution in [3.05, 3.63) is 130 Å². The first kappa shape index (κ1) is 26.3. The average molecular weight is 528 g/mol. The predicted molar refractivity (Wildman–Crippen MR) is 154 cm³/mol. The van der Waals surface area contributed by atoms with Crippen LogP contribution < -0.4 is 10.1 Å². The summed E-state index contributed by atoms with van der Waals surface area (Å²) in [5.41, 5.74) is 4.89. The Morgan fingerprint density at radius 1 is 0.789 bits per heavy atom. The summed E-state index contributed by atoms with van der Waals surface area (Å²) in [6.45, 7) is 5.85. The minimum absolute atomic E-state index is 0.296. The van der Waals surface area contributed by atoms with Gasteiger partial charge in [0.25, 0.3) is 0 Å². The molecule has 0 saturated carbocycles. The van der Waals surface area contributed by atoms with E-state index in [-0.39, 0.29) is 12.2 Å². The van der Waals surface area contributed by atoms with E-state index in [0.717, 1.165) is 35.5 Å². The van der Waals surface area contributed by atoms with E-state index in [1.807, 2.05) is 42.5 Å². The van der Waals surface area contributed by atoms with Crippen LogP contribution in [0.3, 0.4) is 0 Å². The third-order valence-electron chi connectivity index (χ3n) is 6.84. The zero-order valence-electron chi connectivity index (χ0n) is 21.9. The van der Waals surface area contributed by atoms with Crippen LogP contribution in [0.2, 0.25) is 5.02 Å². The molecule has 0 saturated heterocycles. The van der Waals surface area contributed by atoms with Crippen LogP contribution >= 0.6 is 11.6 Å². The molecule has 2 unspecified atom stereocenters. The largest absolute Gasteiger partial charge is 0.485 e. The van der Waals surface area contributed by atoms with Crippen LogP contribution in [0.5, 0.6) is 5.75 Å². The first-order valence-electron chi connectivity index (χ1n) is 13.1. The Kier molecular flexibility index (Phi) is 8.33. The Labute approximate surface area is 230 Å². The van der Waals surface area contributed by atoms with Crippen molar-refractivity contribution in [1.29, 1.82) is 0 Å². The van der Waals surface area contributed by atoms with Crippen LogP contribution in [-0.4, -0.2) is 18.3 Å². The van der Waals surface area contributed by atoms with Gasteiger partial charge in [0.1, 0.15) is 23.6 Å². The third-order valence-corrected chi connectivity index (χ3v) is 7.07. The number of hydrogen-bond acceptors (Lipinski definition) is 4. The van der Waals surface area contributed by atoms with Crippen LogP contribution in [-0.2, 0) is 29.0 Å². The lowest BCUT2D eigenvalue weighted by Crippen LogP contribution is -2.51. The highest BCUT2D eigenvalue weighted by molar-refractivity contribution is 6.30. The van der Waals surface area contributed by atoms with Gasteiger partial charge in [-0.3, -0.25) is 0 Å². The van der Waals surface area contributed by atoms with Crippen LogP contribution in [0, 0.1) is 0 Å². The molecular weight excluding hydrogens is 494 g/mol. The van der Waals surface area contributed by atoms with Crippen LogP contribution in [0.15, 0.2) is 103 Å². The van der Waals surface area contributed by atoms with Crippen molar-refractivity contribution in [2.75, 3.05) is 11.9 Å². The minimum atomic E-state index is -0.595. The smallest absolute Gasteiger partial charge is 0.132 e. The zero-order chi connectivity index (χ0) is 26.4. The van der Waals surface area contributed by atoms with E-state index >= 15 is 0 Å². The molecule has 5 heteroatoms. The molecule has 4 nitrogen and oxygen atoms in total. The number of fused-ring (bicyclic) bond motifs is 1. The molecule has 1 heterocycles. The van der Waals surface area contributed by atoms with E-state index in [1.165, 1.54) is 11.1 Å². The lowest BCUT2D eigenvalue weighted by atomic mass is 9.87. The number of hydrogen-bond donors (Lipinski definition) is 1. The lowest BCUT2D eigenvalue weighted by molar-refractivity contribution is -0.167. The Bertz CT molecular complexity index is 1330. The van der Waals surface area contributed by atoms with Crippen LogP contribution in [0.4, 0.5) is 5.69 Å². The highest BCUT2D eigenvalue weighted by Crippen LogP contribution is 2.44. The molecule has 4 aromatic rings. The number of anilines is 1. The lowest BCUT2D eigenvalue weighted by Gasteiger charge is -2.44. The van der Waals surface area contributed by atoms with Crippen molar-refractivity contribution >= 4 is 17.3 Å². The van der Waals surface area contributed by atoms with E-state index in [4.69, 9.17) is 25.8 Å². The molecule has 0 bridgehead atoms. The van der Waals surface area contributed by atoms with E-state index < -0.39 is 5.60 Å². The van der Waals surface area contributed by atoms with Gasteiger partial charge in [-0.1, -0.05) is 84.4 Å². The summed E-state index contributed by atoms with van der Waals surface area (Å²) in [5.74, 6) is 0.826. The van der Waals surface area contributed by atoms with Gasteiger partial charge in [0.05, 0.1) is 13.2 Å². The quantitative estimate of drug-likeness (QED) is 0.227. The number of ether oxygens (including phenoxy) is 3. The molecule has 1 N–H and O–H groups in total. The Hall–Kier alpha value is -3.31. The molecule has 1 aliphatic heterocycles. The summed E-state index contributed by atoms with van der Waals surface area (Å²) in [7, 11) is 0. The highest BCUT2D eigenvalue weighted by atomic mass is 35.5. The molecule has 0 fully saturated rings. The SMILES string of the molecule is CC1(C)Oc2ccc(NCc3ccccc3)cc2C(OCCc2ccccc2)C1OCc1cccc(Cl)c1. The predicted octanol–water partition coefficient (Wildman–Crippen LogP) is 8.01. The molecule has 1 aliphatic rings. The molecule has 0 spiro atoms. The summed E-state index contributed by atoms with van der Waals surface area (Å²) in [4.78, 5) is 0. The van der Waals surface area contributed by atoms with Crippen molar-refractivity contribution < 1.29 is 14.2 Å². The Morgan fingerprint density at radius 3 is 2.24 bits per heavy atom. The number of nitrogens with one attached hydrogen (secondary N) is 1. The number of benzene rings is 4. The van der Waals surface area contributed by atoms with Crippen molar-refractivity contribution in [2.45, 2.75) is 51.2 Å². The molecule has 38 heavy (non-hydrogen) atoms. The van der Waals surface area contributed by atoms with Crippen molar-refractivity contribution in [2.24, 2.45) is 0 Å². The summed E-state index contributed by atoms with van der Waals surface area (Å²) in [5, 5.41) is 4.24. The molecule has 5 rings (SSSR count). The maximum absolute atomic E-state index is 6.63. The maximum atomic E-state index is 6.63. The normalized spacial score (nSPS) is 17.9. The number of rotatable bonds is 10. The first-order chi connectivity index (χ1) is 18.5. The molecule has 2 atom stereocenters. The van der Waals surface area contributed by atoms with Gasteiger partial charge >= 0.3 is 0 Å². The van der Waals surface area contributed by atoms with Gasteiger partial charge in [0.15, 0.2) is 0 Å². The van der Waals surface area contributed by atoms with Gasteiger partial charge in [0, 0.05) is 22.8 Å². The van der Waals surface area contributed by atoms with Crippen molar-refractivity contribution in [3.63, 3.8) is 0 Å². The fraction of sp³-hybridized carbons (Fsp3) is 0.273. The van der Waals surface area contributed by atoms with E-state index in [1.54, 1.807) is 0 Å².